The smallest absolute Gasteiger partial charge is 0.269 e. The van der Waals surface area contributed by atoms with Crippen LogP contribution in [-0.2, 0) is 21.4 Å². The van der Waals surface area contributed by atoms with Gasteiger partial charge in [0.25, 0.3) is 11.6 Å². The fourth-order valence-electron chi connectivity index (χ4n) is 3.44. The second kappa shape index (κ2) is 10.1. The normalized spacial score (nSPS) is 14.9. The van der Waals surface area contributed by atoms with Crippen LogP contribution >= 0.6 is 0 Å². The third-order valence-electron chi connectivity index (χ3n) is 5.20. The van der Waals surface area contributed by atoms with Crippen molar-refractivity contribution in [2.24, 2.45) is 0 Å². The number of sulfonamides is 1. The molecule has 0 aromatic heterocycles. The molecule has 11 heteroatoms. The maximum Gasteiger partial charge on any atom is 0.269 e. The molecule has 3 rings (SSSR count). The van der Waals surface area contributed by atoms with Gasteiger partial charge >= 0.3 is 0 Å². The highest BCUT2D eigenvalue weighted by molar-refractivity contribution is 7.89. The zero-order valence-electron chi connectivity index (χ0n) is 17.9. The highest BCUT2D eigenvalue weighted by atomic mass is 32.2. The summed E-state index contributed by atoms with van der Waals surface area (Å²) < 4.78 is 37.8. The third-order valence-corrected chi connectivity index (χ3v) is 7.11. The largest absolute Gasteiger partial charge is 0.496 e. The Kier molecular flexibility index (Phi) is 7.44. The van der Waals surface area contributed by atoms with Gasteiger partial charge in [-0.2, -0.15) is 4.31 Å². The Morgan fingerprint density at radius 2 is 1.75 bits per heavy atom. The summed E-state index contributed by atoms with van der Waals surface area (Å²) in [7, 11) is -2.25. The summed E-state index contributed by atoms with van der Waals surface area (Å²) >= 11 is 0. The van der Waals surface area contributed by atoms with Crippen molar-refractivity contribution in [3.05, 3.63) is 63.7 Å². The summed E-state index contributed by atoms with van der Waals surface area (Å²) in [6.45, 7) is 3.47. The van der Waals surface area contributed by atoms with Gasteiger partial charge in [0, 0.05) is 56.0 Å². The minimum absolute atomic E-state index is 0.0152. The van der Waals surface area contributed by atoms with Gasteiger partial charge in [0.15, 0.2) is 0 Å². The lowest BCUT2D eigenvalue weighted by molar-refractivity contribution is -0.384. The number of nitro benzene ring substituents is 1. The van der Waals surface area contributed by atoms with Crippen LogP contribution in [0, 0.1) is 10.1 Å². The van der Waals surface area contributed by atoms with Crippen molar-refractivity contribution in [2.45, 2.75) is 18.4 Å². The topological polar surface area (TPSA) is 119 Å². The molecule has 0 N–H and O–H groups in total. The summed E-state index contributed by atoms with van der Waals surface area (Å²) in [5.74, 6) is 0.437. The molecule has 32 heavy (non-hydrogen) atoms. The van der Waals surface area contributed by atoms with Crippen LogP contribution in [0.5, 0.6) is 5.75 Å². The SMILES string of the molecule is CCOCc1cc(C(=O)N2CCN(S(=O)(=O)c3ccc([N+](=O)[O-])cc3)CC2)ccc1OC. The predicted octanol–water partition coefficient (Wildman–Crippen LogP) is 2.29. The number of ether oxygens (including phenoxy) is 2. The number of nitro groups is 1. The summed E-state index contributed by atoms with van der Waals surface area (Å²) in [6.07, 6.45) is 0. The van der Waals surface area contributed by atoms with Crippen molar-refractivity contribution in [1.29, 1.82) is 0 Å². The van der Waals surface area contributed by atoms with Crippen LogP contribution in [0.15, 0.2) is 47.4 Å². The second-order valence-electron chi connectivity index (χ2n) is 7.11. The molecule has 2 aromatic carbocycles. The van der Waals surface area contributed by atoms with E-state index in [1.165, 1.54) is 16.4 Å². The molecular weight excluding hydrogens is 438 g/mol. The van der Waals surface area contributed by atoms with Crippen LogP contribution < -0.4 is 4.74 Å². The maximum absolute atomic E-state index is 13.0. The van der Waals surface area contributed by atoms with Crippen molar-refractivity contribution >= 4 is 21.6 Å². The van der Waals surface area contributed by atoms with E-state index < -0.39 is 14.9 Å². The van der Waals surface area contributed by atoms with E-state index in [4.69, 9.17) is 9.47 Å². The van der Waals surface area contributed by atoms with Crippen molar-refractivity contribution in [3.8, 4) is 5.75 Å². The van der Waals surface area contributed by atoms with E-state index >= 15 is 0 Å². The van der Waals surface area contributed by atoms with Crippen LogP contribution in [0.25, 0.3) is 0 Å². The Hall–Kier alpha value is -3.02. The number of non-ortho nitro benzene ring substituents is 1. The molecule has 0 bridgehead atoms. The molecule has 0 spiro atoms. The van der Waals surface area contributed by atoms with Crippen molar-refractivity contribution in [1.82, 2.24) is 9.21 Å². The average Bonchev–Trinajstić information content (AvgIpc) is 2.82. The lowest BCUT2D eigenvalue weighted by atomic mass is 10.1. The highest BCUT2D eigenvalue weighted by Gasteiger charge is 2.31. The molecule has 1 heterocycles. The molecule has 0 aliphatic carbocycles. The number of rotatable bonds is 8. The lowest BCUT2D eigenvalue weighted by Gasteiger charge is -2.34. The van der Waals surface area contributed by atoms with Crippen molar-refractivity contribution in [2.75, 3.05) is 39.9 Å². The molecule has 1 amide bonds. The summed E-state index contributed by atoms with van der Waals surface area (Å²) in [5.41, 5.74) is 1.06. The number of carbonyl (C=O) groups is 1. The van der Waals surface area contributed by atoms with E-state index in [1.807, 2.05) is 6.92 Å². The van der Waals surface area contributed by atoms with Gasteiger partial charge in [-0.15, -0.1) is 0 Å². The van der Waals surface area contributed by atoms with Gasteiger partial charge in [-0.25, -0.2) is 8.42 Å². The van der Waals surface area contributed by atoms with Crippen LogP contribution in [0.2, 0.25) is 0 Å². The van der Waals surface area contributed by atoms with Gasteiger partial charge in [-0.3, -0.25) is 14.9 Å². The first-order valence-corrected chi connectivity index (χ1v) is 11.5. The summed E-state index contributed by atoms with van der Waals surface area (Å²) in [4.78, 5) is 24.8. The van der Waals surface area contributed by atoms with Crippen molar-refractivity contribution in [3.63, 3.8) is 0 Å². The Balaban J connectivity index is 1.68. The van der Waals surface area contributed by atoms with Gasteiger partial charge in [0.1, 0.15) is 5.75 Å². The molecule has 0 radical (unpaired) electrons. The Morgan fingerprint density at radius 1 is 1.09 bits per heavy atom. The van der Waals surface area contributed by atoms with E-state index in [-0.39, 0.29) is 42.7 Å². The van der Waals surface area contributed by atoms with Crippen LogP contribution in [-0.4, -0.2) is 68.3 Å². The molecule has 0 atom stereocenters. The third kappa shape index (κ3) is 5.06. The lowest BCUT2D eigenvalue weighted by Crippen LogP contribution is -2.50. The van der Waals surface area contributed by atoms with Crippen LogP contribution in [0.1, 0.15) is 22.8 Å². The van der Waals surface area contributed by atoms with Gasteiger partial charge < -0.3 is 14.4 Å². The average molecular weight is 464 g/mol. The molecule has 172 valence electrons. The number of hydrogen-bond acceptors (Lipinski definition) is 7. The highest BCUT2D eigenvalue weighted by Crippen LogP contribution is 2.24. The van der Waals surface area contributed by atoms with Gasteiger partial charge in [-0.1, -0.05) is 0 Å². The van der Waals surface area contributed by atoms with Crippen molar-refractivity contribution < 1.29 is 27.6 Å². The quantitative estimate of drug-likeness (QED) is 0.435. The fourth-order valence-corrected chi connectivity index (χ4v) is 4.86. The first-order valence-electron chi connectivity index (χ1n) is 10.1. The zero-order valence-corrected chi connectivity index (χ0v) is 18.7. The van der Waals surface area contributed by atoms with Gasteiger partial charge in [0.05, 0.1) is 23.5 Å². The standard InChI is InChI=1S/C21H25N3O7S/c1-3-31-15-17-14-16(4-9-20(17)30-2)21(25)22-10-12-23(13-11-22)32(28,29)19-7-5-18(6-8-19)24(26)27/h4-9,14H,3,10-13,15H2,1-2H3. The maximum atomic E-state index is 13.0. The van der Waals surface area contributed by atoms with E-state index in [2.05, 4.69) is 0 Å². The number of amides is 1. The minimum atomic E-state index is -3.80. The number of hydrogen-bond donors (Lipinski definition) is 0. The molecule has 1 saturated heterocycles. The predicted molar refractivity (Wildman–Crippen MR) is 116 cm³/mol. The summed E-state index contributed by atoms with van der Waals surface area (Å²) in [5, 5.41) is 10.8. The molecule has 0 saturated carbocycles. The van der Waals surface area contributed by atoms with E-state index in [0.717, 1.165) is 17.7 Å². The Labute approximate surface area is 186 Å². The number of piperazine rings is 1. The monoisotopic (exact) mass is 463 g/mol. The van der Waals surface area contributed by atoms with Crippen LogP contribution in [0.4, 0.5) is 5.69 Å². The van der Waals surface area contributed by atoms with E-state index in [9.17, 15) is 23.3 Å². The number of benzene rings is 2. The molecule has 1 aliphatic rings. The van der Waals surface area contributed by atoms with Gasteiger partial charge in [-0.05, 0) is 37.3 Å². The molecular formula is C21H25N3O7S. The molecule has 0 unspecified atom stereocenters. The first-order chi connectivity index (χ1) is 15.3. The van der Waals surface area contributed by atoms with E-state index in [1.54, 1.807) is 30.2 Å². The van der Waals surface area contributed by atoms with Gasteiger partial charge in [0.2, 0.25) is 10.0 Å². The Morgan fingerprint density at radius 3 is 2.31 bits per heavy atom. The number of nitrogens with zero attached hydrogens (tertiary/aromatic N) is 3. The number of methoxy groups -OCH3 is 1. The first kappa shape index (κ1) is 23.6. The van der Waals surface area contributed by atoms with Crippen LogP contribution in [0.3, 0.4) is 0 Å². The molecule has 2 aromatic rings. The number of carbonyl (C=O) groups excluding carboxylic acids is 1. The zero-order chi connectivity index (χ0) is 23.3. The molecule has 10 nitrogen and oxygen atoms in total. The Bertz CT molecular complexity index is 1080. The fraction of sp³-hybridized carbons (Fsp3) is 0.381. The summed E-state index contributed by atoms with van der Waals surface area (Å²) in [6, 6.07) is 9.90. The van der Waals surface area contributed by atoms with E-state index in [0.29, 0.717) is 24.5 Å². The molecule has 1 aliphatic heterocycles. The second-order valence-corrected chi connectivity index (χ2v) is 9.05. The molecule has 1 fully saturated rings. The minimum Gasteiger partial charge on any atom is -0.496 e.